The summed E-state index contributed by atoms with van der Waals surface area (Å²) < 4.78 is 0. The number of rotatable bonds is 0. The molecule has 0 unspecified atom stereocenters. The molecule has 0 N–H and O–H groups in total. The fraction of sp³-hybridized carbons (Fsp3) is 0.250. The van der Waals surface area contributed by atoms with Gasteiger partial charge in [0.05, 0.1) is 0 Å². The van der Waals surface area contributed by atoms with Crippen LogP contribution >= 0.6 is 0 Å². The van der Waals surface area contributed by atoms with Gasteiger partial charge in [-0.25, -0.2) is 0 Å². The molecule has 1 aliphatic heterocycles. The summed E-state index contributed by atoms with van der Waals surface area (Å²) in [6.07, 6.45) is 3.82. The Morgan fingerprint density at radius 3 is 2.83 bits per heavy atom. The second-order valence-electron chi connectivity index (χ2n) is 0.950. The predicted molar refractivity (Wildman–Crippen MR) is 28.2 cm³/mol. The van der Waals surface area contributed by atoms with Crippen LogP contribution in [0, 0.1) is 0 Å². The number of nitrogens with zero attached hydrogens (tertiary/aromatic N) is 1. The maximum absolute atomic E-state index is 3.89. The summed E-state index contributed by atoms with van der Waals surface area (Å²) in [5, 5.41) is 1.18. The van der Waals surface area contributed by atoms with Gasteiger partial charge in [0.1, 0.15) is 0 Å². The molecule has 32 valence electrons. The molecular formula is C4H5NSe. The zero-order chi connectivity index (χ0) is 4.24. The van der Waals surface area contributed by atoms with Gasteiger partial charge >= 0.3 is 42.7 Å². The number of aliphatic imine (C=N–C) groups is 1. The van der Waals surface area contributed by atoms with Crippen molar-refractivity contribution >= 4 is 21.2 Å². The SMILES string of the molecule is C1=C[Se]CC=N1. The van der Waals surface area contributed by atoms with E-state index in [0.717, 1.165) is 15.0 Å². The van der Waals surface area contributed by atoms with Crippen molar-refractivity contribution in [2.45, 2.75) is 5.32 Å². The molecule has 1 rings (SSSR count). The van der Waals surface area contributed by atoms with Gasteiger partial charge in [0.15, 0.2) is 0 Å². The monoisotopic (exact) mass is 147 g/mol. The van der Waals surface area contributed by atoms with Crippen molar-refractivity contribution in [3.05, 3.63) is 11.2 Å². The van der Waals surface area contributed by atoms with Crippen LogP contribution in [0.4, 0.5) is 0 Å². The molecule has 0 aliphatic carbocycles. The first-order valence-corrected chi connectivity index (χ1v) is 3.98. The van der Waals surface area contributed by atoms with Crippen LogP contribution in [0.1, 0.15) is 0 Å². The third kappa shape index (κ3) is 0.959. The molecule has 0 radical (unpaired) electrons. The van der Waals surface area contributed by atoms with Crippen molar-refractivity contribution < 1.29 is 0 Å². The quantitative estimate of drug-likeness (QED) is 0.445. The molecule has 1 nitrogen and oxygen atoms in total. The zero-order valence-corrected chi connectivity index (χ0v) is 5.01. The van der Waals surface area contributed by atoms with Gasteiger partial charge in [-0.15, -0.1) is 0 Å². The molecule has 6 heavy (non-hydrogen) atoms. The molecule has 0 spiro atoms. The number of hydrogen-bond acceptors (Lipinski definition) is 1. The van der Waals surface area contributed by atoms with Gasteiger partial charge in [-0.1, -0.05) is 0 Å². The predicted octanol–water partition coefficient (Wildman–Crippen LogP) is 0.664. The Balaban J connectivity index is 2.46. The van der Waals surface area contributed by atoms with Gasteiger partial charge in [0.25, 0.3) is 0 Å². The summed E-state index contributed by atoms with van der Waals surface area (Å²) in [7, 11) is 0. The molecular weight excluding hydrogens is 141 g/mol. The molecule has 0 atom stereocenters. The van der Waals surface area contributed by atoms with Crippen LogP contribution in [-0.4, -0.2) is 21.2 Å². The third-order valence-corrected chi connectivity index (χ3v) is 1.90. The average molecular weight is 146 g/mol. The van der Waals surface area contributed by atoms with E-state index in [1.165, 1.54) is 5.32 Å². The van der Waals surface area contributed by atoms with Crippen molar-refractivity contribution in [2.75, 3.05) is 0 Å². The molecule has 0 aromatic carbocycles. The van der Waals surface area contributed by atoms with Crippen molar-refractivity contribution in [1.29, 1.82) is 0 Å². The molecule has 0 fully saturated rings. The van der Waals surface area contributed by atoms with Crippen LogP contribution in [0.15, 0.2) is 16.2 Å². The Morgan fingerprint density at radius 2 is 2.67 bits per heavy atom. The first-order valence-electron chi connectivity index (χ1n) is 1.78. The van der Waals surface area contributed by atoms with E-state index in [2.05, 4.69) is 9.97 Å². The van der Waals surface area contributed by atoms with Crippen molar-refractivity contribution in [2.24, 2.45) is 4.99 Å². The Bertz CT molecular complexity index is 73.5. The van der Waals surface area contributed by atoms with Crippen LogP contribution < -0.4 is 0 Å². The van der Waals surface area contributed by atoms with Gasteiger partial charge in [0.2, 0.25) is 0 Å². The zero-order valence-electron chi connectivity index (χ0n) is 3.29. The minimum atomic E-state index is 0.724. The fourth-order valence-electron chi connectivity index (χ4n) is 0.281. The Kier molecular flexibility index (Phi) is 1.48. The van der Waals surface area contributed by atoms with Crippen LogP contribution in [0.25, 0.3) is 0 Å². The normalized spacial score (nSPS) is 18.7. The minimum absolute atomic E-state index is 0.724. The Morgan fingerprint density at radius 1 is 1.67 bits per heavy atom. The summed E-state index contributed by atoms with van der Waals surface area (Å²) in [4.78, 5) is 6.02. The Hall–Kier alpha value is -0.0705. The fourth-order valence-corrected chi connectivity index (χ4v) is 1.20. The van der Waals surface area contributed by atoms with E-state index in [-0.39, 0.29) is 0 Å². The molecule has 0 aromatic heterocycles. The molecule has 0 saturated carbocycles. The summed E-state index contributed by atoms with van der Waals surface area (Å²) in [6.45, 7) is 0. The van der Waals surface area contributed by atoms with E-state index < -0.39 is 0 Å². The van der Waals surface area contributed by atoms with Gasteiger partial charge < -0.3 is 0 Å². The average Bonchev–Trinajstić information content (AvgIpc) is 1.72. The molecule has 0 saturated heterocycles. The van der Waals surface area contributed by atoms with Crippen LogP contribution in [-0.2, 0) is 0 Å². The topological polar surface area (TPSA) is 12.4 Å². The third-order valence-electron chi connectivity index (χ3n) is 0.519. The van der Waals surface area contributed by atoms with E-state index in [4.69, 9.17) is 0 Å². The summed E-state index contributed by atoms with van der Waals surface area (Å²) in [6, 6.07) is 0. The maximum atomic E-state index is 3.89. The molecule has 0 amide bonds. The second kappa shape index (κ2) is 2.16. The second-order valence-corrected chi connectivity index (χ2v) is 2.92. The van der Waals surface area contributed by atoms with Crippen LogP contribution in [0.5, 0.6) is 0 Å². The van der Waals surface area contributed by atoms with Gasteiger partial charge in [-0.3, -0.25) is 0 Å². The van der Waals surface area contributed by atoms with Gasteiger partial charge in [-0.05, 0) is 0 Å². The molecule has 0 bridgehead atoms. The van der Waals surface area contributed by atoms with Crippen molar-refractivity contribution in [3.63, 3.8) is 0 Å². The van der Waals surface area contributed by atoms with Crippen molar-refractivity contribution in [3.8, 4) is 0 Å². The van der Waals surface area contributed by atoms with E-state index in [0.29, 0.717) is 0 Å². The summed E-state index contributed by atoms with van der Waals surface area (Å²) in [5.74, 6) is 0. The summed E-state index contributed by atoms with van der Waals surface area (Å²) >= 11 is 0.724. The van der Waals surface area contributed by atoms with E-state index in [1.807, 2.05) is 12.4 Å². The van der Waals surface area contributed by atoms with E-state index in [9.17, 15) is 0 Å². The molecule has 2 heteroatoms. The van der Waals surface area contributed by atoms with Crippen molar-refractivity contribution in [1.82, 2.24) is 0 Å². The molecule has 0 aromatic rings. The first-order chi connectivity index (χ1) is 3.00. The Labute approximate surface area is 43.3 Å². The molecule has 1 aliphatic rings. The van der Waals surface area contributed by atoms with E-state index in [1.54, 1.807) is 0 Å². The number of hydrogen-bond donors (Lipinski definition) is 0. The van der Waals surface area contributed by atoms with Crippen LogP contribution in [0.3, 0.4) is 0 Å². The van der Waals surface area contributed by atoms with Gasteiger partial charge in [-0.2, -0.15) is 0 Å². The van der Waals surface area contributed by atoms with E-state index >= 15 is 0 Å². The molecule has 1 heterocycles. The van der Waals surface area contributed by atoms with Gasteiger partial charge in [0, 0.05) is 0 Å². The summed E-state index contributed by atoms with van der Waals surface area (Å²) in [5.41, 5.74) is 0. The first kappa shape index (κ1) is 4.10. The van der Waals surface area contributed by atoms with Crippen LogP contribution in [0.2, 0.25) is 5.32 Å². The standard InChI is InChI=1S/C4H5NSe/c1-3-6-4-2-5-1/h1-3H,4H2.